The van der Waals surface area contributed by atoms with E-state index in [2.05, 4.69) is 66.6 Å². The Bertz CT molecular complexity index is 424. The van der Waals surface area contributed by atoms with E-state index in [0.29, 0.717) is 0 Å². The van der Waals surface area contributed by atoms with Gasteiger partial charge in [0.1, 0.15) is 0 Å². The van der Waals surface area contributed by atoms with Crippen molar-refractivity contribution in [2.75, 3.05) is 52.6 Å². The largest absolute Gasteiger partial charge is 0.381 e. The van der Waals surface area contributed by atoms with Crippen molar-refractivity contribution >= 4 is 11.3 Å². The van der Waals surface area contributed by atoms with E-state index in [-0.39, 0.29) is 0 Å². The molecule has 1 heterocycles. The molecule has 1 aromatic rings. The van der Waals surface area contributed by atoms with Gasteiger partial charge in [0.25, 0.3) is 0 Å². The zero-order valence-electron chi connectivity index (χ0n) is 11.6. The molecule has 0 amide bonds. The van der Waals surface area contributed by atoms with Gasteiger partial charge in [-0.2, -0.15) is 0 Å². The summed E-state index contributed by atoms with van der Waals surface area (Å²) in [5.41, 5.74) is 4.04. The molecule has 0 atom stereocenters. The Hall–Kier alpha value is -1.32. The maximum Gasteiger partial charge on any atom is 0.0419 e. The molecule has 0 radical (unpaired) electrons. The minimum atomic E-state index is 0.938. The first-order chi connectivity index (χ1) is 8.66. The third kappa shape index (κ3) is 3.34. The van der Waals surface area contributed by atoms with Crippen molar-refractivity contribution in [2.24, 2.45) is 0 Å². The first-order valence-electron chi connectivity index (χ1n) is 6.52. The highest BCUT2D eigenvalue weighted by Gasteiger charge is 2.12. The van der Waals surface area contributed by atoms with Gasteiger partial charge in [-0.15, -0.1) is 0 Å². The fourth-order valence-corrected chi connectivity index (χ4v) is 2.20. The number of hydrogen-bond donors (Lipinski definition) is 1. The summed E-state index contributed by atoms with van der Waals surface area (Å²) in [5.74, 6) is 0. The molecule has 1 aromatic carbocycles. The minimum absolute atomic E-state index is 0.938. The van der Waals surface area contributed by atoms with Crippen LogP contribution in [0.2, 0.25) is 0 Å². The molecule has 0 aromatic heterocycles. The zero-order valence-corrected chi connectivity index (χ0v) is 11.6. The standard InChI is InChI=1S/C15H23N3/c1-17(2)10-11-18(3)12-13-8-9-16-15-7-5-4-6-14(13)15/h4-8,16H,9-12H2,1-3H3. The molecule has 0 fully saturated rings. The molecule has 0 saturated carbocycles. The van der Waals surface area contributed by atoms with E-state index in [0.717, 1.165) is 26.2 Å². The second-order valence-electron chi connectivity index (χ2n) is 5.20. The number of benzene rings is 1. The van der Waals surface area contributed by atoms with Crippen LogP contribution in [0.5, 0.6) is 0 Å². The average Bonchev–Trinajstić information content (AvgIpc) is 2.37. The highest BCUT2D eigenvalue weighted by molar-refractivity contribution is 5.80. The second-order valence-corrected chi connectivity index (χ2v) is 5.20. The van der Waals surface area contributed by atoms with Crippen LogP contribution in [0.1, 0.15) is 5.56 Å². The molecule has 0 unspecified atom stereocenters. The molecule has 0 spiro atoms. The molecule has 1 N–H and O–H groups in total. The van der Waals surface area contributed by atoms with E-state index in [1.807, 2.05) is 0 Å². The van der Waals surface area contributed by atoms with Crippen LogP contribution < -0.4 is 5.32 Å². The zero-order chi connectivity index (χ0) is 13.0. The number of para-hydroxylation sites is 1. The molecule has 1 aliphatic heterocycles. The van der Waals surface area contributed by atoms with Crippen molar-refractivity contribution in [3.63, 3.8) is 0 Å². The van der Waals surface area contributed by atoms with Crippen molar-refractivity contribution < 1.29 is 0 Å². The summed E-state index contributed by atoms with van der Waals surface area (Å²) in [6.07, 6.45) is 2.30. The lowest BCUT2D eigenvalue weighted by atomic mass is 10.00. The van der Waals surface area contributed by atoms with Crippen molar-refractivity contribution in [3.8, 4) is 0 Å². The molecule has 98 valence electrons. The van der Waals surface area contributed by atoms with Crippen LogP contribution in [0, 0.1) is 0 Å². The summed E-state index contributed by atoms with van der Waals surface area (Å²) in [5, 5.41) is 3.41. The normalized spacial score (nSPS) is 14.4. The Kier molecular flexibility index (Phi) is 4.39. The Morgan fingerprint density at radius 3 is 2.67 bits per heavy atom. The van der Waals surface area contributed by atoms with Gasteiger partial charge >= 0.3 is 0 Å². The topological polar surface area (TPSA) is 18.5 Å². The van der Waals surface area contributed by atoms with Gasteiger partial charge in [-0.05, 0) is 32.8 Å². The number of nitrogens with zero attached hydrogens (tertiary/aromatic N) is 2. The number of hydrogen-bond acceptors (Lipinski definition) is 3. The van der Waals surface area contributed by atoms with Crippen LogP contribution in [0.25, 0.3) is 5.57 Å². The molecule has 3 heteroatoms. The third-order valence-electron chi connectivity index (χ3n) is 3.28. The van der Waals surface area contributed by atoms with Crippen LogP contribution >= 0.6 is 0 Å². The fourth-order valence-electron chi connectivity index (χ4n) is 2.20. The van der Waals surface area contributed by atoms with Crippen molar-refractivity contribution in [2.45, 2.75) is 0 Å². The lowest BCUT2D eigenvalue weighted by molar-refractivity contribution is 0.304. The summed E-state index contributed by atoms with van der Waals surface area (Å²) in [6, 6.07) is 8.55. The van der Waals surface area contributed by atoms with Gasteiger partial charge in [-0.3, -0.25) is 0 Å². The van der Waals surface area contributed by atoms with Gasteiger partial charge in [0.15, 0.2) is 0 Å². The van der Waals surface area contributed by atoms with E-state index < -0.39 is 0 Å². The Morgan fingerprint density at radius 2 is 1.89 bits per heavy atom. The van der Waals surface area contributed by atoms with E-state index in [9.17, 15) is 0 Å². The van der Waals surface area contributed by atoms with E-state index in [4.69, 9.17) is 0 Å². The smallest absolute Gasteiger partial charge is 0.0419 e. The summed E-state index contributed by atoms with van der Waals surface area (Å²) in [7, 11) is 6.43. The molecular weight excluding hydrogens is 222 g/mol. The average molecular weight is 245 g/mol. The van der Waals surface area contributed by atoms with E-state index in [1.54, 1.807) is 0 Å². The van der Waals surface area contributed by atoms with Crippen LogP contribution in [0.3, 0.4) is 0 Å². The van der Waals surface area contributed by atoms with Crippen LogP contribution in [-0.4, -0.2) is 57.1 Å². The Balaban J connectivity index is 1.99. The van der Waals surface area contributed by atoms with Crippen LogP contribution in [0.15, 0.2) is 30.3 Å². The highest BCUT2D eigenvalue weighted by Crippen LogP contribution is 2.27. The minimum Gasteiger partial charge on any atom is -0.381 e. The number of fused-ring (bicyclic) bond motifs is 1. The molecular formula is C15H23N3. The summed E-state index contributed by atoms with van der Waals surface area (Å²) in [4.78, 5) is 4.61. The van der Waals surface area contributed by atoms with Gasteiger partial charge in [-0.1, -0.05) is 24.3 Å². The molecule has 0 aliphatic carbocycles. The molecule has 1 aliphatic rings. The molecule has 0 bridgehead atoms. The first-order valence-corrected chi connectivity index (χ1v) is 6.52. The third-order valence-corrected chi connectivity index (χ3v) is 3.28. The van der Waals surface area contributed by atoms with Crippen molar-refractivity contribution in [1.82, 2.24) is 9.80 Å². The first kappa shape index (κ1) is 13.1. The predicted molar refractivity (Wildman–Crippen MR) is 79.0 cm³/mol. The summed E-state index contributed by atoms with van der Waals surface area (Å²) >= 11 is 0. The van der Waals surface area contributed by atoms with Crippen LogP contribution in [0.4, 0.5) is 5.69 Å². The van der Waals surface area contributed by atoms with Gasteiger partial charge in [0.2, 0.25) is 0 Å². The fraction of sp³-hybridized carbons (Fsp3) is 0.467. The number of nitrogens with one attached hydrogen (secondary N) is 1. The number of rotatable bonds is 5. The maximum absolute atomic E-state index is 3.41. The second kappa shape index (κ2) is 6.03. The molecule has 2 rings (SSSR count). The highest BCUT2D eigenvalue weighted by atomic mass is 15.1. The predicted octanol–water partition coefficient (Wildman–Crippen LogP) is 1.99. The lowest BCUT2D eigenvalue weighted by Gasteiger charge is -2.24. The Labute approximate surface area is 110 Å². The van der Waals surface area contributed by atoms with Gasteiger partial charge < -0.3 is 15.1 Å². The quantitative estimate of drug-likeness (QED) is 0.856. The van der Waals surface area contributed by atoms with Crippen molar-refractivity contribution in [3.05, 3.63) is 35.9 Å². The van der Waals surface area contributed by atoms with Gasteiger partial charge in [0.05, 0.1) is 0 Å². The summed E-state index contributed by atoms with van der Waals surface area (Å²) in [6.45, 7) is 4.16. The van der Waals surface area contributed by atoms with Gasteiger partial charge in [0, 0.05) is 37.4 Å². The van der Waals surface area contributed by atoms with Crippen molar-refractivity contribution in [1.29, 1.82) is 0 Å². The number of likely N-dealkylation sites (N-methyl/N-ethyl adjacent to an activating group) is 2. The lowest BCUT2D eigenvalue weighted by Crippen LogP contribution is -2.30. The summed E-state index contributed by atoms with van der Waals surface area (Å²) < 4.78 is 0. The monoisotopic (exact) mass is 245 g/mol. The van der Waals surface area contributed by atoms with E-state index in [1.165, 1.54) is 16.8 Å². The van der Waals surface area contributed by atoms with E-state index >= 15 is 0 Å². The molecule has 0 saturated heterocycles. The Morgan fingerprint density at radius 1 is 1.11 bits per heavy atom. The van der Waals surface area contributed by atoms with Crippen LogP contribution in [-0.2, 0) is 0 Å². The maximum atomic E-state index is 3.41. The molecule has 18 heavy (non-hydrogen) atoms. The molecule has 3 nitrogen and oxygen atoms in total. The SMILES string of the molecule is CN(C)CCN(C)CC1=CCNc2ccccc21. The van der Waals surface area contributed by atoms with Gasteiger partial charge in [-0.25, -0.2) is 0 Å². The number of anilines is 1.